The van der Waals surface area contributed by atoms with E-state index in [0.717, 1.165) is 0 Å². The first-order valence-electron chi connectivity index (χ1n) is 6.26. The van der Waals surface area contributed by atoms with E-state index in [4.69, 9.17) is 4.74 Å². The number of carbonyl (C=O) groups is 2. The fraction of sp³-hybridized carbons (Fsp3) is 0.385. The predicted octanol–water partition coefficient (Wildman–Crippen LogP) is 0.635. The third-order valence-electron chi connectivity index (χ3n) is 3.50. The van der Waals surface area contributed by atoms with E-state index in [0.29, 0.717) is 23.4 Å². The minimum atomic E-state index is -3.09. The molecular weight excluding hydrogens is 282 g/mol. The maximum absolute atomic E-state index is 12.3. The van der Waals surface area contributed by atoms with Gasteiger partial charge in [0.25, 0.3) is 5.91 Å². The number of hydrogen-bond acceptors (Lipinski definition) is 5. The number of ether oxygens (including phenoxy) is 1. The van der Waals surface area contributed by atoms with Gasteiger partial charge in [0, 0.05) is 11.5 Å². The lowest BCUT2D eigenvalue weighted by atomic mass is 9.96. The molecule has 6 nitrogen and oxygen atoms in total. The smallest absolute Gasteiger partial charge is 0.262 e. The molecule has 2 heterocycles. The molecule has 1 N–H and O–H groups in total. The number of anilines is 1. The molecule has 1 fully saturated rings. The Hall–Kier alpha value is -1.89. The van der Waals surface area contributed by atoms with E-state index in [1.54, 1.807) is 18.2 Å². The summed E-state index contributed by atoms with van der Waals surface area (Å²) in [5, 5.41) is 2.63. The number of amides is 1. The molecule has 7 heteroatoms. The fourth-order valence-corrected chi connectivity index (χ4v) is 4.22. The van der Waals surface area contributed by atoms with E-state index in [1.807, 2.05) is 0 Å². The molecule has 1 aromatic carbocycles. The Morgan fingerprint density at radius 1 is 1.35 bits per heavy atom. The van der Waals surface area contributed by atoms with Crippen molar-refractivity contribution in [2.75, 3.05) is 23.4 Å². The average molecular weight is 295 g/mol. The van der Waals surface area contributed by atoms with Crippen molar-refractivity contribution >= 4 is 27.2 Å². The Morgan fingerprint density at radius 3 is 2.85 bits per heavy atom. The summed E-state index contributed by atoms with van der Waals surface area (Å²) in [5.74, 6) is -0.474. The van der Waals surface area contributed by atoms with E-state index < -0.39 is 15.8 Å². The van der Waals surface area contributed by atoms with Crippen molar-refractivity contribution in [1.82, 2.24) is 0 Å². The normalized spacial score (nSPS) is 23.6. The summed E-state index contributed by atoms with van der Waals surface area (Å²) in [6.07, 6.45) is 0.362. The lowest BCUT2D eigenvalue weighted by Crippen LogP contribution is -2.26. The zero-order valence-electron chi connectivity index (χ0n) is 10.6. The summed E-state index contributed by atoms with van der Waals surface area (Å²) in [7, 11) is -3.09. The van der Waals surface area contributed by atoms with E-state index in [-0.39, 0.29) is 29.8 Å². The fourth-order valence-electron chi connectivity index (χ4n) is 2.47. The van der Waals surface area contributed by atoms with Crippen LogP contribution in [0.15, 0.2) is 18.2 Å². The molecule has 0 spiro atoms. The Morgan fingerprint density at radius 2 is 2.15 bits per heavy atom. The van der Waals surface area contributed by atoms with Crippen LogP contribution in [0.5, 0.6) is 5.75 Å². The number of hydrogen-bond donors (Lipinski definition) is 1. The third kappa shape index (κ3) is 2.40. The number of benzene rings is 1. The molecule has 106 valence electrons. The van der Waals surface area contributed by atoms with Gasteiger partial charge in [-0.15, -0.1) is 0 Å². The van der Waals surface area contributed by atoms with Gasteiger partial charge in [-0.2, -0.15) is 0 Å². The quantitative estimate of drug-likeness (QED) is 0.808. The number of rotatable bonds is 2. The lowest BCUT2D eigenvalue weighted by Gasteiger charge is -2.18. The first-order valence-corrected chi connectivity index (χ1v) is 8.08. The van der Waals surface area contributed by atoms with Gasteiger partial charge in [0.05, 0.1) is 17.2 Å². The molecule has 0 saturated carbocycles. The Balaban J connectivity index is 1.86. The summed E-state index contributed by atoms with van der Waals surface area (Å²) in [5.41, 5.74) is 0.851. The maximum Gasteiger partial charge on any atom is 0.262 e. The van der Waals surface area contributed by atoms with Crippen molar-refractivity contribution < 1.29 is 22.7 Å². The molecular formula is C13H13NO5S. The molecule has 3 rings (SSSR count). The van der Waals surface area contributed by atoms with Crippen molar-refractivity contribution in [2.45, 2.75) is 6.42 Å². The molecule has 20 heavy (non-hydrogen) atoms. The number of Topliss-reactive ketones (excluding diaryl/α,β-unsaturated/α-hetero) is 1. The molecule has 0 aliphatic carbocycles. The summed E-state index contributed by atoms with van der Waals surface area (Å²) < 4.78 is 28.1. The molecule has 1 aromatic rings. The first kappa shape index (κ1) is 13.1. The number of carbonyl (C=O) groups excluding carboxylic acids is 2. The van der Waals surface area contributed by atoms with Gasteiger partial charge in [-0.25, -0.2) is 8.42 Å². The van der Waals surface area contributed by atoms with Gasteiger partial charge in [-0.05, 0) is 24.6 Å². The summed E-state index contributed by atoms with van der Waals surface area (Å²) in [6.45, 7) is -0.0405. The van der Waals surface area contributed by atoms with Gasteiger partial charge in [0.2, 0.25) is 0 Å². The van der Waals surface area contributed by atoms with E-state index in [9.17, 15) is 18.0 Å². The SMILES string of the molecule is O=C1COc2ccc(C(=O)C3CCS(=O)(=O)C3)cc2N1. The van der Waals surface area contributed by atoms with E-state index in [2.05, 4.69) is 5.32 Å². The second-order valence-corrected chi connectivity index (χ2v) is 7.24. The van der Waals surface area contributed by atoms with Gasteiger partial charge in [-0.3, -0.25) is 9.59 Å². The molecule has 2 aliphatic heterocycles. The highest BCUT2D eigenvalue weighted by Gasteiger charge is 2.33. The molecule has 1 amide bonds. The highest BCUT2D eigenvalue weighted by molar-refractivity contribution is 7.91. The average Bonchev–Trinajstić information content (AvgIpc) is 2.77. The van der Waals surface area contributed by atoms with Crippen molar-refractivity contribution in [3.63, 3.8) is 0 Å². The number of nitrogens with one attached hydrogen (secondary N) is 1. The van der Waals surface area contributed by atoms with Crippen LogP contribution in [-0.2, 0) is 14.6 Å². The highest BCUT2D eigenvalue weighted by atomic mass is 32.2. The lowest BCUT2D eigenvalue weighted by molar-refractivity contribution is -0.118. The van der Waals surface area contributed by atoms with Gasteiger partial charge < -0.3 is 10.1 Å². The monoisotopic (exact) mass is 295 g/mol. The third-order valence-corrected chi connectivity index (χ3v) is 5.27. The first-order chi connectivity index (χ1) is 9.44. The standard InChI is InChI=1S/C13H13NO5S/c15-12-6-19-11-2-1-8(5-10(11)14-12)13(16)9-3-4-20(17,18)7-9/h1-2,5,9H,3-4,6-7H2,(H,14,15). The van der Waals surface area contributed by atoms with Crippen LogP contribution in [0.4, 0.5) is 5.69 Å². The minimum absolute atomic E-state index is 0.0405. The van der Waals surface area contributed by atoms with E-state index in [1.165, 1.54) is 0 Å². The topological polar surface area (TPSA) is 89.5 Å². The number of ketones is 1. The predicted molar refractivity (Wildman–Crippen MR) is 71.7 cm³/mol. The molecule has 2 aliphatic rings. The van der Waals surface area contributed by atoms with Gasteiger partial charge in [0.1, 0.15) is 5.75 Å². The Bertz CT molecular complexity index is 695. The molecule has 1 atom stereocenters. The van der Waals surface area contributed by atoms with Crippen LogP contribution >= 0.6 is 0 Å². The van der Waals surface area contributed by atoms with Crippen molar-refractivity contribution in [2.24, 2.45) is 5.92 Å². The highest BCUT2D eigenvalue weighted by Crippen LogP contribution is 2.30. The molecule has 0 bridgehead atoms. The van der Waals surface area contributed by atoms with Crippen LogP contribution in [0.2, 0.25) is 0 Å². The van der Waals surface area contributed by atoms with Gasteiger partial charge in [-0.1, -0.05) is 0 Å². The van der Waals surface area contributed by atoms with Crippen molar-refractivity contribution in [3.8, 4) is 5.75 Å². The second kappa shape index (κ2) is 4.59. The maximum atomic E-state index is 12.3. The van der Waals surface area contributed by atoms with E-state index >= 15 is 0 Å². The number of fused-ring (bicyclic) bond motifs is 1. The summed E-state index contributed by atoms with van der Waals surface area (Å²) >= 11 is 0. The number of sulfone groups is 1. The largest absolute Gasteiger partial charge is 0.482 e. The van der Waals surface area contributed by atoms with Crippen LogP contribution in [0.25, 0.3) is 0 Å². The van der Waals surface area contributed by atoms with Crippen LogP contribution in [0.3, 0.4) is 0 Å². The van der Waals surface area contributed by atoms with Crippen LogP contribution < -0.4 is 10.1 Å². The summed E-state index contributed by atoms with van der Waals surface area (Å²) in [6, 6.07) is 4.76. The molecule has 1 saturated heterocycles. The minimum Gasteiger partial charge on any atom is -0.482 e. The zero-order chi connectivity index (χ0) is 14.3. The van der Waals surface area contributed by atoms with Gasteiger partial charge in [0.15, 0.2) is 22.2 Å². The van der Waals surface area contributed by atoms with Crippen LogP contribution in [-0.4, -0.2) is 38.2 Å². The molecule has 0 aromatic heterocycles. The molecule has 0 radical (unpaired) electrons. The van der Waals surface area contributed by atoms with Crippen LogP contribution in [0, 0.1) is 5.92 Å². The second-order valence-electron chi connectivity index (χ2n) is 5.01. The Kier molecular flexibility index (Phi) is 3.01. The van der Waals surface area contributed by atoms with Gasteiger partial charge >= 0.3 is 0 Å². The Labute approximate surface area is 116 Å². The summed E-state index contributed by atoms with van der Waals surface area (Å²) in [4.78, 5) is 23.5. The van der Waals surface area contributed by atoms with Crippen LogP contribution in [0.1, 0.15) is 16.8 Å². The zero-order valence-corrected chi connectivity index (χ0v) is 11.4. The van der Waals surface area contributed by atoms with Crippen molar-refractivity contribution in [3.05, 3.63) is 23.8 Å². The van der Waals surface area contributed by atoms with Crippen molar-refractivity contribution in [1.29, 1.82) is 0 Å². The molecule has 1 unspecified atom stereocenters.